The summed E-state index contributed by atoms with van der Waals surface area (Å²) in [7, 11) is 0. The molecular weight excluding hydrogens is 284 g/mol. The number of benzene rings is 2. The summed E-state index contributed by atoms with van der Waals surface area (Å²) in [5.74, 6) is 2.43. The number of hydrogen-bond acceptors (Lipinski definition) is 2. The number of ether oxygens (including phenoxy) is 1. The van der Waals surface area contributed by atoms with E-state index in [1.165, 1.54) is 16.6 Å². The van der Waals surface area contributed by atoms with Gasteiger partial charge < -0.3 is 9.30 Å². The van der Waals surface area contributed by atoms with E-state index < -0.39 is 0 Å². The van der Waals surface area contributed by atoms with Gasteiger partial charge in [0.05, 0.1) is 11.0 Å². The molecule has 0 unspecified atom stereocenters. The van der Waals surface area contributed by atoms with Crippen LogP contribution in [0.2, 0.25) is 0 Å². The summed E-state index contributed by atoms with van der Waals surface area (Å²) in [6, 6.07) is 14.6. The van der Waals surface area contributed by atoms with Gasteiger partial charge >= 0.3 is 0 Å². The average molecular weight is 308 g/mol. The minimum Gasteiger partial charge on any atom is -0.486 e. The van der Waals surface area contributed by atoms with Crippen molar-refractivity contribution in [2.75, 3.05) is 0 Å². The fourth-order valence-corrected chi connectivity index (χ4v) is 2.74. The zero-order valence-electron chi connectivity index (χ0n) is 14.3. The SMILES string of the molecule is Cc1ccc(OCc2nc3ccc(C)cc3n2CC(C)C)cc1. The molecule has 0 aliphatic heterocycles. The lowest BCUT2D eigenvalue weighted by molar-refractivity contribution is 0.287. The standard InChI is InChI=1S/C20H24N2O/c1-14(2)12-22-19-11-16(4)7-10-18(19)21-20(22)13-23-17-8-5-15(3)6-9-17/h5-11,14H,12-13H2,1-4H3. The number of rotatable bonds is 5. The second-order valence-electron chi connectivity index (χ2n) is 6.63. The molecule has 3 heteroatoms. The number of fused-ring (bicyclic) bond motifs is 1. The first-order valence-electron chi connectivity index (χ1n) is 8.18. The molecule has 3 aromatic rings. The Labute approximate surface area is 137 Å². The Morgan fingerprint density at radius 1 is 1.00 bits per heavy atom. The first-order chi connectivity index (χ1) is 11.0. The summed E-state index contributed by atoms with van der Waals surface area (Å²) < 4.78 is 8.24. The molecule has 0 aliphatic carbocycles. The molecule has 0 N–H and O–H groups in total. The molecule has 0 radical (unpaired) electrons. The highest BCUT2D eigenvalue weighted by atomic mass is 16.5. The highest BCUT2D eigenvalue weighted by Crippen LogP contribution is 2.21. The molecule has 0 spiro atoms. The molecule has 0 bridgehead atoms. The minimum absolute atomic E-state index is 0.490. The molecule has 0 fully saturated rings. The number of imidazole rings is 1. The van der Waals surface area contributed by atoms with Gasteiger partial charge in [-0.05, 0) is 49.6 Å². The number of aromatic nitrogens is 2. The normalized spacial score (nSPS) is 11.3. The zero-order chi connectivity index (χ0) is 16.4. The zero-order valence-corrected chi connectivity index (χ0v) is 14.3. The predicted molar refractivity (Wildman–Crippen MR) is 94.8 cm³/mol. The van der Waals surface area contributed by atoms with Gasteiger partial charge in [-0.25, -0.2) is 4.98 Å². The van der Waals surface area contributed by atoms with Crippen molar-refractivity contribution in [2.45, 2.75) is 40.8 Å². The van der Waals surface area contributed by atoms with E-state index in [2.05, 4.69) is 62.6 Å². The van der Waals surface area contributed by atoms with Crippen LogP contribution in [0, 0.1) is 19.8 Å². The van der Waals surface area contributed by atoms with Gasteiger partial charge in [-0.3, -0.25) is 0 Å². The summed E-state index contributed by atoms with van der Waals surface area (Å²) in [4.78, 5) is 4.78. The smallest absolute Gasteiger partial charge is 0.148 e. The van der Waals surface area contributed by atoms with Gasteiger partial charge in [0.25, 0.3) is 0 Å². The van der Waals surface area contributed by atoms with Crippen molar-refractivity contribution in [1.82, 2.24) is 9.55 Å². The van der Waals surface area contributed by atoms with E-state index in [-0.39, 0.29) is 0 Å². The van der Waals surface area contributed by atoms with Crippen LogP contribution in [-0.2, 0) is 13.2 Å². The van der Waals surface area contributed by atoms with Gasteiger partial charge in [0.1, 0.15) is 18.2 Å². The number of nitrogens with zero attached hydrogens (tertiary/aromatic N) is 2. The summed E-state index contributed by atoms with van der Waals surface area (Å²) in [5, 5.41) is 0. The maximum atomic E-state index is 5.95. The van der Waals surface area contributed by atoms with Gasteiger partial charge in [0, 0.05) is 6.54 Å². The number of aryl methyl sites for hydroxylation is 2. The van der Waals surface area contributed by atoms with Crippen LogP contribution in [-0.4, -0.2) is 9.55 Å². The van der Waals surface area contributed by atoms with Crippen molar-refractivity contribution in [3.8, 4) is 5.75 Å². The summed E-state index contributed by atoms with van der Waals surface area (Å²) in [5.41, 5.74) is 4.73. The van der Waals surface area contributed by atoms with E-state index in [0.717, 1.165) is 23.6 Å². The van der Waals surface area contributed by atoms with Crippen LogP contribution < -0.4 is 4.74 Å². The summed E-state index contributed by atoms with van der Waals surface area (Å²) in [6.07, 6.45) is 0. The van der Waals surface area contributed by atoms with Crippen LogP contribution >= 0.6 is 0 Å². The lowest BCUT2D eigenvalue weighted by Gasteiger charge is -2.13. The molecule has 0 aliphatic rings. The van der Waals surface area contributed by atoms with E-state index in [1.54, 1.807) is 0 Å². The second-order valence-corrected chi connectivity index (χ2v) is 6.63. The molecule has 3 nitrogen and oxygen atoms in total. The van der Waals surface area contributed by atoms with Crippen LogP contribution in [0.3, 0.4) is 0 Å². The van der Waals surface area contributed by atoms with Crippen LogP contribution in [0.25, 0.3) is 11.0 Å². The Balaban J connectivity index is 1.90. The Morgan fingerprint density at radius 2 is 1.70 bits per heavy atom. The Kier molecular flexibility index (Phi) is 4.37. The lowest BCUT2D eigenvalue weighted by atomic mass is 10.2. The first kappa shape index (κ1) is 15.6. The molecule has 1 heterocycles. The monoisotopic (exact) mass is 308 g/mol. The van der Waals surface area contributed by atoms with E-state index in [9.17, 15) is 0 Å². The van der Waals surface area contributed by atoms with Crippen molar-refractivity contribution in [2.24, 2.45) is 5.92 Å². The molecule has 2 aromatic carbocycles. The van der Waals surface area contributed by atoms with Crippen molar-refractivity contribution in [1.29, 1.82) is 0 Å². The van der Waals surface area contributed by atoms with Gasteiger partial charge in [-0.1, -0.05) is 37.6 Å². The van der Waals surface area contributed by atoms with Crippen LogP contribution in [0.15, 0.2) is 42.5 Å². The minimum atomic E-state index is 0.490. The topological polar surface area (TPSA) is 27.1 Å². The molecule has 0 amide bonds. The van der Waals surface area contributed by atoms with Gasteiger partial charge in [0.2, 0.25) is 0 Å². The summed E-state index contributed by atoms with van der Waals surface area (Å²) >= 11 is 0. The maximum Gasteiger partial charge on any atom is 0.148 e. The predicted octanol–water partition coefficient (Wildman–Crippen LogP) is 4.89. The Morgan fingerprint density at radius 3 is 2.39 bits per heavy atom. The molecule has 3 rings (SSSR count). The quantitative estimate of drug-likeness (QED) is 0.671. The number of hydrogen-bond donors (Lipinski definition) is 0. The Bertz CT molecular complexity index is 800. The van der Waals surface area contributed by atoms with Gasteiger partial charge in [-0.2, -0.15) is 0 Å². The third-order valence-corrected chi connectivity index (χ3v) is 3.92. The molecule has 0 saturated carbocycles. The fourth-order valence-electron chi connectivity index (χ4n) is 2.74. The maximum absolute atomic E-state index is 5.95. The van der Waals surface area contributed by atoms with E-state index in [1.807, 2.05) is 12.1 Å². The lowest BCUT2D eigenvalue weighted by Crippen LogP contribution is -2.11. The van der Waals surface area contributed by atoms with Gasteiger partial charge in [-0.15, -0.1) is 0 Å². The van der Waals surface area contributed by atoms with Crippen molar-refractivity contribution >= 4 is 11.0 Å². The highest BCUT2D eigenvalue weighted by molar-refractivity contribution is 5.76. The van der Waals surface area contributed by atoms with Gasteiger partial charge in [0.15, 0.2) is 0 Å². The van der Waals surface area contributed by atoms with Crippen LogP contribution in [0.4, 0.5) is 0 Å². The molecule has 0 atom stereocenters. The summed E-state index contributed by atoms with van der Waals surface area (Å²) in [6.45, 7) is 10.1. The third kappa shape index (κ3) is 3.55. The van der Waals surface area contributed by atoms with Crippen molar-refractivity contribution < 1.29 is 4.74 Å². The van der Waals surface area contributed by atoms with Crippen molar-refractivity contribution in [3.05, 3.63) is 59.4 Å². The second kappa shape index (κ2) is 6.45. The molecule has 1 aromatic heterocycles. The molecule has 0 saturated heterocycles. The highest BCUT2D eigenvalue weighted by Gasteiger charge is 2.12. The van der Waals surface area contributed by atoms with Crippen LogP contribution in [0.1, 0.15) is 30.8 Å². The molecule has 120 valence electrons. The third-order valence-electron chi connectivity index (χ3n) is 3.92. The Hall–Kier alpha value is -2.29. The van der Waals surface area contributed by atoms with E-state index in [4.69, 9.17) is 9.72 Å². The fraction of sp³-hybridized carbons (Fsp3) is 0.350. The molecular formula is C20H24N2O. The largest absolute Gasteiger partial charge is 0.486 e. The first-order valence-corrected chi connectivity index (χ1v) is 8.18. The van der Waals surface area contributed by atoms with E-state index >= 15 is 0 Å². The molecule has 23 heavy (non-hydrogen) atoms. The van der Waals surface area contributed by atoms with E-state index in [0.29, 0.717) is 12.5 Å². The average Bonchev–Trinajstić information content (AvgIpc) is 2.84. The van der Waals surface area contributed by atoms with Crippen molar-refractivity contribution in [3.63, 3.8) is 0 Å². The van der Waals surface area contributed by atoms with Crippen LogP contribution in [0.5, 0.6) is 5.75 Å².